The number of ether oxygens (including phenoxy) is 1. The summed E-state index contributed by atoms with van der Waals surface area (Å²) in [6.07, 6.45) is 0. The van der Waals surface area contributed by atoms with Crippen LogP contribution in [0.1, 0.15) is 28.1 Å². The first-order chi connectivity index (χ1) is 8.61. The first-order valence-corrected chi connectivity index (χ1v) is 5.96. The maximum absolute atomic E-state index is 5.82. The zero-order valence-electron chi connectivity index (χ0n) is 11.0. The fraction of sp³-hybridized carbons (Fsp3) is 0.357. The van der Waals surface area contributed by atoms with Gasteiger partial charge in [0.25, 0.3) is 0 Å². The van der Waals surface area contributed by atoms with Crippen molar-refractivity contribution in [3.63, 3.8) is 0 Å². The number of hydrogen-bond acceptors (Lipinski definition) is 4. The Morgan fingerprint density at radius 2 is 1.94 bits per heavy atom. The van der Waals surface area contributed by atoms with E-state index in [0.29, 0.717) is 18.9 Å². The van der Waals surface area contributed by atoms with Gasteiger partial charge in [0.2, 0.25) is 0 Å². The molecule has 96 valence electrons. The summed E-state index contributed by atoms with van der Waals surface area (Å²) in [5.74, 6) is 1.61. The van der Waals surface area contributed by atoms with E-state index in [4.69, 9.17) is 15.0 Å². The van der Waals surface area contributed by atoms with Gasteiger partial charge in [-0.25, -0.2) is 0 Å². The summed E-state index contributed by atoms with van der Waals surface area (Å²) in [4.78, 5) is 0. The molecule has 2 aromatic rings. The van der Waals surface area contributed by atoms with Crippen LogP contribution >= 0.6 is 0 Å². The molecule has 0 aliphatic heterocycles. The molecular formula is C14H18N2O2. The first-order valence-electron chi connectivity index (χ1n) is 5.96. The van der Waals surface area contributed by atoms with Crippen molar-refractivity contribution in [2.45, 2.75) is 33.9 Å². The molecule has 1 aromatic carbocycles. The number of nitrogens with zero attached hydrogens (tertiary/aromatic N) is 1. The number of hydrogen-bond donors (Lipinski definition) is 1. The maximum Gasteiger partial charge on any atom is 0.174 e. The highest BCUT2D eigenvalue weighted by Gasteiger charge is 2.09. The predicted octanol–water partition coefficient (Wildman–Crippen LogP) is 2.64. The van der Waals surface area contributed by atoms with Crippen LogP contribution in [-0.4, -0.2) is 5.16 Å². The molecule has 0 aliphatic carbocycles. The molecule has 2 rings (SSSR count). The molecule has 0 aliphatic rings. The number of nitrogens with two attached hydrogens (primary N) is 1. The van der Waals surface area contributed by atoms with Gasteiger partial charge in [0.05, 0.1) is 5.69 Å². The molecule has 0 spiro atoms. The van der Waals surface area contributed by atoms with Crippen LogP contribution in [0.4, 0.5) is 0 Å². The fourth-order valence-electron chi connectivity index (χ4n) is 1.81. The van der Waals surface area contributed by atoms with Crippen LogP contribution in [-0.2, 0) is 13.2 Å². The van der Waals surface area contributed by atoms with E-state index >= 15 is 0 Å². The minimum Gasteiger partial charge on any atom is -0.485 e. The van der Waals surface area contributed by atoms with Crippen LogP contribution in [0, 0.1) is 20.8 Å². The molecule has 0 unspecified atom stereocenters. The van der Waals surface area contributed by atoms with Crippen LogP contribution in [0.3, 0.4) is 0 Å². The van der Waals surface area contributed by atoms with Crippen molar-refractivity contribution < 1.29 is 9.26 Å². The second-order valence-corrected chi connectivity index (χ2v) is 4.43. The van der Waals surface area contributed by atoms with E-state index < -0.39 is 0 Å². The monoisotopic (exact) mass is 246 g/mol. The molecule has 4 heteroatoms. The average Bonchev–Trinajstić information content (AvgIpc) is 2.82. The van der Waals surface area contributed by atoms with Crippen molar-refractivity contribution in [1.82, 2.24) is 5.16 Å². The number of rotatable bonds is 4. The minimum atomic E-state index is 0.373. The highest BCUT2D eigenvalue weighted by Crippen LogP contribution is 2.26. The molecule has 0 saturated carbocycles. The lowest BCUT2D eigenvalue weighted by Gasteiger charge is -2.12. The summed E-state index contributed by atoms with van der Waals surface area (Å²) in [6.45, 7) is 6.92. The van der Waals surface area contributed by atoms with Crippen molar-refractivity contribution >= 4 is 0 Å². The zero-order valence-corrected chi connectivity index (χ0v) is 11.0. The number of benzene rings is 1. The van der Waals surface area contributed by atoms with Gasteiger partial charge in [-0.3, -0.25) is 0 Å². The Kier molecular flexibility index (Phi) is 3.67. The first kappa shape index (κ1) is 12.6. The van der Waals surface area contributed by atoms with E-state index in [1.807, 2.05) is 13.0 Å². The molecular weight excluding hydrogens is 228 g/mol. The molecule has 0 saturated heterocycles. The van der Waals surface area contributed by atoms with Gasteiger partial charge in [0.1, 0.15) is 12.4 Å². The molecule has 4 nitrogen and oxygen atoms in total. The maximum atomic E-state index is 5.82. The van der Waals surface area contributed by atoms with Crippen molar-refractivity contribution in [2.24, 2.45) is 5.73 Å². The van der Waals surface area contributed by atoms with Gasteiger partial charge in [0, 0.05) is 12.6 Å². The van der Waals surface area contributed by atoms with Crippen LogP contribution in [0.15, 0.2) is 22.7 Å². The van der Waals surface area contributed by atoms with Crippen LogP contribution in [0.2, 0.25) is 0 Å². The van der Waals surface area contributed by atoms with Gasteiger partial charge in [-0.1, -0.05) is 17.3 Å². The molecule has 0 amide bonds. The third kappa shape index (κ3) is 2.54. The van der Waals surface area contributed by atoms with Crippen molar-refractivity contribution in [2.75, 3.05) is 0 Å². The summed E-state index contributed by atoms with van der Waals surface area (Å²) < 4.78 is 10.9. The standard InChI is InChI=1S/C14H18N2O2/c1-9-4-5-10(2)14(11(9)3)17-8-13-6-12(7-15)16-18-13/h4-6H,7-8,15H2,1-3H3. The van der Waals surface area contributed by atoms with Gasteiger partial charge in [-0.05, 0) is 37.5 Å². The third-order valence-corrected chi connectivity index (χ3v) is 3.05. The summed E-state index contributed by atoms with van der Waals surface area (Å²) in [5.41, 5.74) is 9.72. The minimum absolute atomic E-state index is 0.373. The van der Waals surface area contributed by atoms with E-state index in [-0.39, 0.29) is 0 Å². The second-order valence-electron chi connectivity index (χ2n) is 4.43. The van der Waals surface area contributed by atoms with Gasteiger partial charge in [-0.15, -0.1) is 0 Å². The molecule has 1 aromatic heterocycles. The largest absolute Gasteiger partial charge is 0.485 e. The average molecular weight is 246 g/mol. The molecule has 0 radical (unpaired) electrons. The van der Waals surface area contributed by atoms with E-state index in [9.17, 15) is 0 Å². The van der Waals surface area contributed by atoms with Gasteiger partial charge in [-0.2, -0.15) is 0 Å². The van der Waals surface area contributed by atoms with Crippen molar-refractivity contribution in [3.8, 4) is 5.75 Å². The Morgan fingerprint density at radius 1 is 1.22 bits per heavy atom. The molecule has 18 heavy (non-hydrogen) atoms. The molecule has 2 N–H and O–H groups in total. The van der Waals surface area contributed by atoms with Gasteiger partial charge < -0.3 is 15.0 Å². The Bertz CT molecular complexity index is 547. The summed E-state index contributed by atoms with van der Waals surface area (Å²) >= 11 is 0. The highest BCUT2D eigenvalue weighted by atomic mass is 16.5. The van der Waals surface area contributed by atoms with Crippen molar-refractivity contribution in [1.29, 1.82) is 0 Å². The Labute approximate surface area is 107 Å². The van der Waals surface area contributed by atoms with E-state index in [0.717, 1.165) is 22.6 Å². The molecule has 1 heterocycles. The van der Waals surface area contributed by atoms with Crippen LogP contribution < -0.4 is 10.5 Å². The smallest absolute Gasteiger partial charge is 0.174 e. The lowest BCUT2D eigenvalue weighted by Crippen LogP contribution is -1.99. The SMILES string of the molecule is Cc1ccc(C)c(OCc2cc(CN)no2)c1C. The molecule has 0 bridgehead atoms. The van der Waals surface area contributed by atoms with E-state index in [2.05, 4.69) is 31.1 Å². The molecule has 0 fully saturated rings. The third-order valence-electron chi connectivity index (χ3n) is 3.05. The fourth-order valence-corrected chi connectivity index (χ4v) is 1.81. The number of aromatic nitrogens is 1. The topological polar surface area (TPSA) is 61.3 Å². The Morgan fingerprint density at radius 3 is 2.61 bits per heavy atom. The van der Waals surface area contributed by atoms with Crippen LogP contribution in [0.25, 0.3) is 0 Å². The van der Waals surface area contributed by atoms with Gasteiger partial charge in [0.15, 0.2) is 5.76 Å². The Balaban J connectivity index is 2.12. The zero-order chi connectivity index (χ0) is 13.1. The lowest BCUT2D eigenvalue weighted by atomic mass is 10.1. The molecule has 0 atom stereocenters. The lowest BCUT2D eigenvalue weighted by molar-refractivity contribution is 0.246. The quantitative estimate of drug-likeness (QED) is 0.900. The number of aryl methyl sites for hydroxylation is 2. The second kappa shape index (κ2) is 5.23. The van der Waals surface area contributed by atoms with Gasteiger partial charge >= 0.3 is 0 Å². The normalized spacial score (nSPS) is 10.7. The van der Waals surface area contributed by atoms with Crippen LogP contribution in [0.5, 0.6) is 5.75 Å². The van der Waals surface area contributed by atoms with E-state index in [1.165, 1.54) is 5.56 Å². The van der Waals surface area contributed by atoms with Crippen molar-refractivity contribution in [3.05, 3.63) is 46.3 Å². The summed E-state index contributed by atoms with van der Waals surface area (Å²) in [7, 11) is 0. The predicted molar refractivity (Wildman–Crippen MR) is 69.4 cm³/mol. The summed E-state index contributed by atoms with van der Waals surface area (Å²) in [6, 6.07) is 5.97. The van der Waals surface area contributed by atoms with E-state index in [1.54, 1.807) is 0 Å². The summed E-state index contributed by atoms with van der Waals surface area (Å²) in [5, 5.41) is 3.83. The highest BCUT2D eigenvalue weighted by molar-refractivity contribution is 5.44. The Hall–Kier alpha value is -1.81.